The quantitative estimate of drug-likeness (QED) is 0.0654. The first-order valence-corrected chi connectivity index (χ1v) is 24.8. The molecular weight excluding hydrogens is 861 g/mol. The van der Waals surface area contributed by atoms with E-state index < -0.39 is 37.0 Å². The van der Waals surface area contributed by atoms with E-state index in [9.17, 15) is 28.4 Å². The highest BCUT2D eigenvalue weighted by molar-refractivity contribution is 7.90. The maximum Gasteiger partial charge on any atom is 0.312 e. The van der Waals surface area contributed by atoms with Crippen LogP contribution in [0.25, 0.3) is 11.0 Å². The van der Waals surface area contributed by atoms with Crippen LogP contribution in [-0.4, -0.2) is 95.2 Å². The Hall–Kier alpha value is -5.62. The van der Waals surface area contributed by atoms with E-state index in [1.807, 2.05) is 6.07 Å². The summed E-state index contributed by atoms with van der Waals surface area (Å²) in [5, 5.41) is 26.2. The van der Waals surface area contributed by atoms with E-state index >= 15 is 0 Å². The Balaban J connectivity index is 0.840. The van der Waals surface area contributed by atoms with Gasteiger partial charge in [0.25, 0.3) is 15.9 Å². The number of amides is 1. The maximum absolute atomic E-state index is 14.0. The van der Waals surface area contributed by atoms with E-state index in [2.05, 4.69) is 66.0 Å². The number of carbonyl (C=O) groups is 1. The number of ether oxygens (including phenoxy) is 2. The maximum atomic E-state index is 14.0. The molecule has 16 nitrogen and oxygen atoms in total. The Morgan fingerprint density at radius 3 is 2.52 bits per heavy atom. The van der Waals surface area contributed by atoms with Gasteiger partial charge in [0, 0.05) is 61.6 Å². The number of aromatic nitrogens is 3. The molecule has 66 heavy (non-hydrogen) atoms. The number of hydrogen-bond donors (Lipinski definition) is 4. The number of nitrogens with zero attached hydrogens (tertiary/aromatic N) is 5. The number of rotatable bonds is 13. The summed E-state index contributed by atoms with van der Waals surface area (Å²) in [4.78, 5) is 41.5. The van der Waals surface area contributed by atoms with Gasteiger partial charge in [-0.1, -0.05) is 24.3 Å². The van der Waals surface area contributed by atoms with Crippen molar-refractivity contribution in [3.05, 3.63) is 106 Å². The second-order valence-electron chi connectivity index (χ2n) is 19.9. The minimum absolute atomic E-state index is 0.0455. The molecule has 0 bridgehead atoms. The van der Waals surface area contributed by atoms with E-state index in [-0.39, 0.29) is 34.0 Å². The van der Waals surface area contributed by atoms with Crippen LogP contribution < -0.4 is 19.7 Å². The first kappa shape index (κ1) is 44.2. The smallest absolute Gasteiger partial charge is 0.312 e. The number of nitro groups is 1. The SMILES string of the molecule is CC1(O)CCC(CNc2ncc(S(=O)(=O)NC(=O)c3ccc(N4CCC5(CC4)CC(N4CCOC[C@@]4(C)c4ccccc4C4CC4)C5)cc3Oc3cnc4[nH]ccc4c3)cc2[N+](=O)[O-])CC1. The van der Waals surface area contributed by atoms with E-state index in [1.54, 1.807) is 37.4 Å². The van der Waals surface area contributed by atoms with Gasteiger partial charge in [0.15, 0.2) is 0 Å². The Morgan fingerprint density at radius 2 is 1.76 bits per heavy atom. The average molecular weight is 919 g/mol. The van der Waals surface area contributed by atoms with Crippen LogP contribution in [0.1, 0.15) is 105 Å². The molecule has 1 spiro atoms. The van der Waals surface area contributed by atoms with Gasteiger partial charge < -0.3 is 29.8 Å². The molecule has 3 aliphatic carbocycles. The van der Waals surface area contributed by atoms with Crippen molar-refractivity contribution in [2.45, 2.75) is 106 Å². The summed E-state index contributed by atoms with van der Waals surface area (Å²) in [5.41, 5.74) is 3.19. The third kappa shape index (κ3) is 8.85. The molecule has 2 aromatic carbocycles. The first-order chi connectivity index (χ1) is 31.7. The van der Waals surface area contributed by atoms with Crippen LogP contribution in [-0.2, 0) is 20.3 Å². The van der Waals surface area contributed by atoms with Crippen LogP contribution in [0.5, 0.6) is 11.5 Å². The second-order valence-corrected chi connectivity index (χ2v) is 21.5. The van der Waals surface area contributed by atoms with Gasteiger partial charge in [-0.15, -0.1) is 0 Å². The molecule has 4 N–H and O–H groups in total. The number of benzene rings is 2. The number of aliphatic hydroxyl groups is 1. The van der Waals surface area contributed by atoms with Crippen molar-refractivity contribution < 1.29 is 32.7 Å². The molecule has 348 valence electrons. The Bertz CT molecular complexity index is 2750. The number of aromatic amines is 1. The number of hydrogen-bond acceptors (Lipinski definition) is 13. The highest BCUT2D eigenvalue weighted by Crippen LogP contribution is 2.55. The van der Waals surface area contributed by atoms with E-state index in [0.29, 0.717) is 49.3 Å². The topological polar surface area (TPSA) is 205 Å². The molecule has 5 heterocycles. The van der Waals surface area contributed by atoms with Gasteiger partial charge in [-0.3, -0.25) is 19.8 Å². The monoisotopic (exact) mass is 918 g/mol. The summed E-state index contributed by atoms with van der Waals surface area (Å²) in [5.74, 6) is 0.260. The molecule has 0 unspecified atom stereocenters. The van der Waals surface area contributed by atoms with Crippen LogP contribution in [0.4, 0.5) is 17.2 Å². The number of anilines is 2. The predicted molar refractivity (Wildman–Crippen MR) is 249 cm³/mol. The molecule has 2 saturated heterocycles. The number of fused-ring (bicyclic) bond motifs is 1. The highest BCUT2D eigenvalue weighted by Gasteiger charge is 2.53. The van der Waals surface area contributed by atoms with Gasteiger partial charge in [0.2, 0.25) is 5.82 Å². The number of morpholine rings is 1. The van der Waals surface area contributed by atoms with Crippen LogP contribution in [0.2, 0.25) is 0 Å². The molecule has 0 radical (unpaired) electrons. The molecule has 5 aliphatic rings. The zero-order chi connectivity index (χ0) is 45.8. The molecule has 10 rings (SSSR count). The van der Waals surface area contributed by atoms with Crippen molar-refractivity contribution in [1.29, 1.82) is 0 Å². The Labute approximate surface area is 384 Å². The van der Waals surface area contributed by atoms with Gasteiger partial charge in [0.05, 0.1) is 47.2 Å². The van der Waals surface area contributed by atoms with Gasteiger partial charge in [-0.05, 0) is 131 Å². The van der Waals surface area contributed by atoms with Crippen molar-refractivity contribution in [3.63, 3.8) is 0 Å². The molecule has 2 aliphatic heterocycles. The summed E-state index contributed by atoms with van der Waals surface area (Å²) < 4.78 is 42.1. The van der Waals surface area contributed by atoms with Gasteiger partial charge in [0.1, 0.15) is 22.0 Å². The third-order valence-electron chi connectivity index (χ3n) is 15.1. The average Bonchev–Trinajstić information content (AvgIpc) is 4.04. The largest absolute Gasteiger partial charge is 0.455 e. The number of carbonyl (C=O) groups excluding carboxylic acids is 1. The highest BCUT2D eigenvalue weighted by atomic mass is 32.2. The first-order valence-electron chi connectivity index (χ1n) is 23.3. The Kier molecular flexibility index (Phi) is 11.5. The number of piperidine rings is 1. The van der Waals surface area contributed by atoms with Crippen molar-refractivity contribution >= 4 is 44.2 Å². The number of sulfonamides is 1. The van der Waals surface area contributed by atoms with E-state index in [4.69, 9.17) is 9.47 Å². The van der Waals surface area contributed by atoms with Crippen LogP contribution in [0.3, 0.4) is 0 Å². The molecular formula is C49H58N8O8S. The lowest BCUT2D eigenvalue weighted by molar-refractivity contribution is -0.384. The van der Waals surface area contributed by atoms with Gasteiger partial charge in [-0.25, -0.2) is 23.1 Å². The van der Waals surface area contributed by atoms with Crippen molar-refractivity contribution in [1.82, 2.24) is 24.6 Å². The van der Waals surface area contributed by atoms with E-state index in [0.717, 1.165) is 88.1 Å². The lowest BCUT2D eigenvalue weighted by Crippen LogP contribution is -2.63. The third-order valence-corrected chi connectivity index (χ3v) is 16.4. The lowest BCUT2D eigenvalue weighted by atomic mass is 9.59. The summed E-state index contributed by atoms with van der Waals surface area (Å²) in [7, 11) is -4.63. The molecule has 17 heteroatoms. The number of H-pyrrole nitrogens is 1. The normalized spacial score (nSPS) is 24.8. The summed E-state index contributed by atoms with van der Waals surface area (Å²) >= 11 is 0. The fraction of sp³-hybridized carbons (Fsp3) is 0.490. The Morgan fingerprint density at radius 1 is 0.985 bits per heavy atom. The molecule has 1 atom stereocenters. The van der Waals surface area contributed by atoms with E-state index in [1.165, 1.54) is 30.2 Å². The summed E-state index contributed by atoms with van der Waals surface area (Å²) in [6.45, 7) is 8.55. The fourth-order valence-electron chi connectivity index (χ4n) is 11.0. The van der Waals surface area contributed by atoms with Crippen LogP contribution >= 0.6 is 0 Å². The molecule has 5 fully saturated rings. The predicted octanol–water partition coefficient (Wildman–Crippen LogP) is 8.00. The minimum Gasteiger partial charge on any atom is -0.455 e. The zero-order valence-corrected chi connectivity index (χ0v) is 38.3. The summed E-state index contributed by atoms with van der Waals surface area (Å²) in [6.07, 6.45) is 13.8. The lowest BCUT2D eigenvalue weighted by Gasteiger charge is -2.60. The van der Waals surface area contributed by atoms with Crippen molar-refractivity contribution in [2.24, 2.45) is 11.3 Å². The summed E-state index contributed by atoms with van der Waals surface area (Å²) in [6, 6.07) is 19.1. The van der Waals surface area contributed by atoms with Crippen LogP contribution in [0.15, 0.2) is 84.1 Å². The molecule has 3 saturated carbocycles. The van der Waals surface area contributed by atoms with Crippen LogP contribution in [0, 0.1) is 21.4 Å². The second kappa shape index (κ2) is 17.2. The number of pyridine rings is 2. The minimum atomic E-state index is -4.63. The molecule has 5 aromatic rings. The fourth-order valence-corrected chi connectivity index (χ4v) is 12.0. The van der Waals surface area contributed by atoms with Crippen molar-refractivity contribution in [3.8, 4) is 11.5 Å². The van der Waals surface area contributed by atoms with Gasteiger partial charge >= 0.3 is 5.69 Å². The zero-order valence-electron chi connectivity index (χ0n) is 37.5. The standard InChI is InChI=1S/C49H58N8O8S/c1-47(59)14-11-32(12-15-47)28-51-45-42(57(60)61)25-38(30-53-45)66(62,63)54-46(58)40-10-9-35(24-43(40)65-37-23-34-13-18-50-44(34)52-29-37)55-19-16-49(17-20-55)26-36(27-49)56-21-22-64-31-48(56,2)41-6-4-3-5-39(41)33-7-8-33/h3-6,9-10,13,18,23-25,29-30,32-33,36,59H,7-8,11-12,14-17,19-22,26-28,31H2,1-2H3,(H,50,52)(H,51,53)(H,54,58)/t32?,47?,48-/m0/s1. The number of nitrogens with one attached hydrogen (secondary N) is 3. The molecule has 1 amide bonds. The van der Waals surface area contributed by atoms with Crippen molar-refractivity contribution in [2.75, 3.05) is 49.6 Å². The molecule has 3 aromatic heterocycles. The van der Waals surface area contributed by atoms with Gasteiger partial charge in [-0.2, -0.15) is 0 Å².